The fourth-order valence-corrected chi connectivity index (χ4v) is 3.51. The Morgan fingerprint density at radius 3 is 2.37 bits per heavy atom. The van der Waals surface area contributed by atoms with Crippen LogP contribution in [0, 0.1) is 0 Å². The predicted molar refractivity (Wildman–Crippen MR) is 112 cm³/mol. The molecule has 3 heteroatoms. The van der Waals surface area contributed by atoms with Gasteiger partial charge in [0, 0.05) is 12.7 Å². The molecule has 5 rings (SSSR count). The number of benzene rings is 3. The summed E-state index contributed by atoms with van der Waals surface area (Å²) in [5, 5.41) is 3.60. The highest BCUT2D eigenvalue weighted by Crippen LogP contribution is 2.31. The summed E-state index contributed by atoms with van der Waals surface area (Å²) in [4.78, 5) is 4.75. The molecular formula is C24H19N3. The first kappa shape index (κ1) is 15.6. The Balaban J connectivity index is 1.67. The largest absolute Gasteiger partial charge is 0.379 e. The first-order chi connectivity index (χ1) is 13.4. The molecule has 0 aliphatic heterocycles. The van der Waals surface area contributed by atoms with Gasteiger partial charge in [0.1, 0.15) is 5.52 Å². The highest BCUT2D eigenvalue weighted by atomic mass is 14.9. The van der Waals surface area contributed by atoms with Gasteiger partial charge in [0.15, 0.2) is 0 Å². The smallest absolute Gasteiger partial charge is 0.110 e. The van der Waals surface area contributed by atoms with Gasteiger partial charge in [-0.3, -0.25) is 4.98 Å². The van der Waals surface area contributed by atoms with Crippen LogP contribution in [-0.2, 0) is 6.54 Å². The van der Waals surface area contributed by atoms with Gasteiger partial charge in [-0.1, -0.05) is 60.7 Å². The number of nitrogens with zero attached hydrogens (tertiary/aromatic N) is 2. The van der Waals surface area contributed by atoms with E-state index in [9.17, 15) is 0 Å². The van der Waals surface area contributed by atoms with Gasteiger partial charge in [-0.2, -0.15) is 0 Å². The molecule has 0 fully saturated rings. The molecule has 2 heterocycles. The molecule has 0 bridgehead atoms. The van der Waals surface area contributed by atoms with Gasteiger partial charge >= 0.3 is 0 Å². The number of fused-ring (bicyclic) bond motifs is 3. The molecule has 0 unspecified atom stereocenters. The summed E-state index contributed by atoms with van der Waals surface area (Å²) in [6, 6.07) is 29.5. The van der Waals surface area contributed by atoms with Crippen molar-refractivity contribution in [1.82, 2.24) is 9.38 Å². The van der Waals surface area contributed by atoms with Crippen LogP contribution >= 0.6 is 0 Å². The molecule has 1 N–H and O–H groups in total. The van der Waals surface area contributed by atoms with Crippen molar-refractivity contribution in [2.45, 2.75) is 6.54 Å². The number of anilines is 1. The molecule has 2 aromatic heterocycles. The van der Waals surface area contributed by atoms with Crippen LogP contribution in [0.2, 0.25) is 0 Å². The van der Waals surface area contributed by atoms with Gasteiger partial charge in [-0.25, -0.2) is 0 Å². The highest BCUT2D eigenvalue weighted by Gasteiger charge is 2.10. The van der Waals surface area contributed by atoms with Gasteiger partial charge in [0.2, 0.25) is 0 Å². The first-order valence-electron chi connectivity index (χ1n) is 9.11. The minimum Gasteiger partial charge on any atom is -0.379 e. The first-order valence-corrected chi connectivity index (χ1v) is 9.11. The average molecular weight is 349 g/mol. The fraction of sp³-hybridized carbons (Fsp3) is 0.0417. The number of hydrogen-bond donors (Lipinski definition) is 1. The van der Waals surface area contributed by atoms with Gasteiger partial charge in [-0.05, 0) is 41.0 Å². The van der Waals surface area contributed by atoms with Crippen LogP contribution in [0.1, 0.15) is 5.56 Å². The number of aromatic nitrogens is 2. The maximum atomic E-state index is 4.75. The van der Waals surface area contributed by atoms with Crippen molar-refractivity contribution in [2.75, 3.05) is 5.32 Å². The lowest BCUT2D eigenvalue weighted by Crippen LogP contribution is -2.02. The van der Waals surface area contributed by atoms with E-state index >= 15 is 0 Å². The molecule has 0 spiro atoms. The summed E-state index contributed by atoms with van der Waals surface area (Å²) in [5.74, 6) is 0. The van der Waals surface area contributed by atoms with Crippen molar-refractivity contribution in [3.63, 3.8) is 0 Å². The Morgan fingerprint density at radius 1 is 0.778 bits per heavy atom. The Morgan fingerprint density at radius 2 is 1.56 bits per heavy atom. The Hall–Kier alpha value is -3.59. The summed E-state index contributed by atoms with van der Waals surface area (Å²) in [6.07, 6.45) is 4.02. The summed E-state index contributed by atoms with van der Waals surface area (Å²) in [6.45, 7) is 0.763. The number of hydrogen-bond acceptors (Lipinski definition) is 2. The zero-order chi connectivity index (χ0) is 18.1. The van der Waals surface area contributed by atoms with Crippen molar-refractivity contribution < 1.29 is 0 Å². The molecule has 0 saturated carbocycles. The van der Waals surface area contributed by atoms with Gasteiger partial charge in [0.05, 0.1) is 22.9 Å². The standard InChI is InChI=1S/C24H19N3/c1-3-8-18(9-4-1)16-25-22-14-20(19-10-5-2-6-11-19)15-23-24(22)26-17-21-12-7-13-27(21)23/h1-15,17,25H,16H2. The molecule has 0 atom stereocenters. The normalized spacial score (nSPS) is 11.1. The maximum absolute atomic E-state index is 4.75. The van der Waals surface area contributed by atoms with Crippen LogP contribution in [0.4, 0.5) is 5.69 Å². The second-order valence-corrected chi connectivity index (χ2v) is 6.66. The third-order valence-electron chi connectivity index (χ3n) is 4.89. The van der Waals surface area contributed by atoms with E-state index < -0.39 is 0 Å². The third kappa shape index (κ3) is 2.93. The second-order valence-electron chi connectivity index (χ2n) is 6.66. The van der Waals surface area contributed by atoms with E-state index in [2.05, 4.69) is 88.7 Å². The van der Waals surface area contributed by atoms with E-state index in [0.717, 1.165) is 28.8 Å². The van der Waals surface area contributed by atoms with E-state index in [1.54, 1.807) is 0 Å². The van der Waals surface area contributed by atoms with Crippen LogP contribution in [0.5, 0.6) is 0 Å². The van der Waals surface area contributed by atoms with Crippen molar-refractivity contribution in [3.05, 3.63) is 103 Å². The Kier molecular flexibility index (Phi) is 3.83. The molecule has 0 radical (unpaired) electrons. The summed E-state index contributed by atoms with van der Waals surface area (Å²) in [7, 11) is 0. The van der Waals surface area contributed by atoms with Crippen LogP contribution in [0.3, 0.4) is 0 Å². The fourth-order valence-electron chi connectivity index (χ4n) is 3.51. The van der Waals surface area contributed by atoms with Crippen LogP contribution in [0.25, 0.3) is 27.7 Å². The SMILES string of the molecule is c1ccc(CNc2cc(-c3ccccc3)cc3c2ncc2cccn23)cc1. The highest BCUT2D eigenvalue weighted by molar-refractivity contribution is 5.94. The van der Waals surface area contributed by atoms with Gasteiger partial charge < -0.3 is 9.72 Å². The molecule has 5 aromatic rings. The molecule has 0 aliphatic carbocycles. The predicted octanol–water partition coefficient (Wildman–Crippen LogP) is 5.77. The second kappa shape index (κ2) is 6.61. The maximum Gasteiger partial charge on any atom is 0.110 e. The molecular weight excluding hydrogens is 330 g/mol. The van der Waals surface area contributed by atoms with Gasteiger partial charge in [-0.15, -0.1) is 0 Å². The van der Waals surface area contributed by atoms with E-state index in [1.165, 1.54) is 16.7 Å². The summed E-state index contributed by atoms with van der Waals surface area (Å²) >= 11 is 0. The van der Waals surface area contributed by atoms with E-state index in [-0.39, 0.29) is 0 Å². The number of nitrogens with one attached hydrogen (secondary N) is 1. The minimum absolute atomic E-state index is 0.763. The molecule has 0 amide bonds. The summed E-state index contributed by atoms with van der Waals surface area (Å²) in [5.41, 5.74) is 7.86. The van der Waals surface area contributed by atoms with Crippen molar-refractivity contribution in [2.24, 2.45) is 0 Å². The molecule has 3 nitrogen and oxygen atoms in total. The molecule has 0 saturated heterocycles. The third-order valence-corrected chi connectivity index (χ3v) is 4.89. The monoisotopic (exact) mass is 349 g/mol. The van der Waals surface area contributed by atoms with Crippen molar-refractivity contribution >= 4 is 22.2 Å². The lowest BCUT2D eigenvalue weighted by atomic mass is 10.0. The van der Waals surface area contributed by atoms with Crippen LogP contribution in [-0.4, -0.2) is 9.38 Å². The molecule has 0 aliphatic rings. The number of rotatable bonds is 4. The van der Waals surface area contributed by atoms with E-state index in [4.69, 9.17) is 4.98 Å². The zero-order valence-electron chi connectivity index (χ0n) is 14.8. The van der Waals surface area contributed by atoms with Crippen molar-refractivity contribution in [3.8, 4) is 11.1 Å². The summed E-state index contributed by atoms with van der Waals surface area (Å²) < 4.78 is 2.20. The zero-order valence-corrected chi connectivity index (χ0v) is 14.8. The Bertz CT molecular complexity index is 1210. The van der Waals surface area contributed by atoms with Crippen LogP contribution < -0.4 is 5.32 Å². The lowest BCUT2D eigenvalue weighted by molar-refractivity contribution is 1.15. The van der Waals surface area contributed by atoms with Crippen molar-refractivity contribution in [1.29, 1.82) is 0 Å². The van der Waals surface area contributed by atoms with E-state index in [1.807, 2.05) is 18.3 Å². The minimum atomic E-state index is 0.763. The van der Waals surface area contributed by atoms with Gasteiger partial charge in [0.25, 0.3) is 0 Å². The quantitative estimate of drug-likeness (QED) is 0.446. The Labute approximate surface area is 157 Å². The average Bonchev–Trinajstić information content (AvgIpc) is 3.22. The van der Waals surface area contributed by atoms with E-state index in [0.29, 0.717) is 0 Å². The molecule has 130 valence electrons. The van der Waals surface area contributed by atoms with Crippen LogP contribution in [0.15, 0.2) is 97.3 Å². The molecule has 27 heavy (non-hydrogen) atoms. The lowest BCUT2D eigenvalue weighted by Gasteiger charge is -2.14. The topological polar surface area (TPSA) is 29.3 Å². The molecule has 3 aromatic carbocycles.